The van der Waals surface area contributed by atoms with Crippen molar-refractivity contribution in [2.75, 3.05) is 0 Å². The Morgan fingerprint density at radius 2 is 1.86 bits per heavy atom. The Bertz CT molecular complexity index is 445. The molecule has 0 aliphatic carbocycles. The van der Waals surface area contributed by atoms with E-state index in [0.717, 1.165) is 49.0 Å². The number of aldehydes is 1. The van der Waals surface area contributed by atoms with Crippen molar-refractivity contribution < 1.29 is 4.79 Å². The Labute approximate surface area is 139 Å². The van der Waals surface area contributed by atoms with Gasteiger partial charge in [0.1, 0.15) is 6.29 Å². The molecule has 1 atom stereocenters. The predicted molar refractivity (Wildman–Crippen MR) is 92.3 cm³/mol. The van der Waals surface area contributed by atoms with Crippen LogP contribution >= 0.6 is 23.2 Å². The number of benzene rings is 1. The van der Waals surface area contributed by atoms with Crippen LogP contribution in [-0.2, 0) is 11.2 Å². The van der Waals surface area contributed by atoms with Gasteiger partial charge in [0.05, 0.1) is 0 Å². The van der Waals surface area contributed by atoms with Gasteiger partial charge in [0.15, 0.2) is 0 Å². The molecule has 0 bridgehead atoms. The number of rotatable bonds is 10. The lowest BCUT2D eigenvalue weighted by molar-refractivity contribution is -0.110. The van der Waals surface area contributed by atoms with Crippen molar-refractivity contribution in [1.29, 1.82) is 0 Å². The fourth-order valence-corrected chi connectivity index (χ4v) is 3.44. The molecule has 1 nitrogen and oxygen atoms in total. The van der Waals surface area contributed by atoms with E-state index in [0.29, 0.717) is 11.4 Å². The standard InChI is InChI=1S/C18H26Cl2O/c1-3-5-10-18(4-2,12-13-21)11-6-7-15-8-9-16(19)14-17(15)20/h8-9,13-14H,3-7,10-12H2,1-2H3. The molecule has 0 saturated heterocycles. The number of carbonyl (C=O) groups is 1. The molecule has 0 saturated carbocycles. The maximum Gasteiger partial charge on any atom is 0.120 e. The summed E-state index contributed by atoms with van der Waals surface area (Å²) in [5, 5.41) is 1.42. The molecule has 0 fully saturated rings. The van der Waals surface area contributed by atoms with Gasteiger partial charge in [0.25, 0.3) is 0 Å². The Morgan fingerprint density at radius 3 is 2.43 bits per heavy atom. The third-order valence-electron chi connectivity index (χ3n) is 4.50. The maximum absolute atomic E-state index is 11.0. The van der Waals surface area contributed by atoms with Crippen LogP contribution in [-0.4, -0.2) is 6.29 Å². The van der Waals surface area contributed by atoms with Gasteiger partial charge in [-0.25, -0.2) is 0 Å². The second-order valence-corrected chi connectivity index (χ2v) is 6.76. The molecule has 1 rings (SSSR count). The van der Waals surface area contributed by atoms with E-state index in [4.69, 9.17) is 23.2 Å². The third-order valence-corrected chi connectivity index (χ3v) is 5.08. The molecular weight excluding hydrogens is 303 g/mol. The highest BCUT2D eigenvalue weighted by molar-refractivity contribution is 6.35. The van der Waals surface area contributed by atoms with Crippen molar-refractivity contribution in [2.24, 2.45) is 5.41 Å². The molecule has 0 aromatic heterocycles. The molecule has 1 aromatic carbocycles. The van der Waals surface area contributed by atoms with E-state index in [9.17, 15) is 4.79 Å². The molecule has 0 aliphatic heterocycles. The quantitative estimate of drug-likeness (QED) is 0.448. The van der Waals surface area contributed by atoms with Gasteiger partial charge in [-0.1, -0.05) is 62.4 Å². The van der Waals surface area contributed by atoms with Gasteiger partial charge in [0.2, 0.25) is 0 Å². The van der Waals surface area contributed by atoms with Crippen molar-refractivity contribution in [1.82, 2.24) is 0 Å². The van der Waals surface area contributed by atoms with Crippen LogP contribution in [0, 0.1) is 5.41 Å². The van der Waals surface area contributed by atoms with Crippen molar-refractivity contribution >= 4 is 29.5 Å². The van der Waals surface area contributed by atoms with E-state index in [-0.39, 0.29) is 5.41 Å². The van der Waals surface area contributed by atoms with Crippen molar-refractivity contribution in [3.8, 4) is 0 Å². The molecule has 0 amide bonds. The van der Waals surface area contributed by atoms with Gasteiger partial charge in [-0.05, 0) is 48.8 Å². The zero-order valence-electron chi connectivity index (χ0n) is 13.1. The summed E-state index contributed by atoms with van der Waals surface area (Å²) >= 11 is 12.1. The smallest absolute Gasteiger partial charge is 0.120 e. The monoisotopic (exact) mass is 328 g/mol. The summed E-state index contributed by atoms with van der Waals surface area (Å²) in [5.74, 6) is 0. The Morgan fingerprint density at radius 1 is 1.14 bits per heavy atom. The number of unbranched alkanes of at least 4 members (excludes halogenated alkanes) is 1. The zero-order chi connectivity index (χ0) is 15.7. The largest absolute Gasteiger partial charge is 0.303 e. The second kappa shape index (κ2) is 9.48. The van der Waals surface area contributed by atoms with Crippen LogP contribution in [0.15, 0.2) is 18.2 Å². The van der Waals surface area contributed by atoms with Crippen LogP contribution in [0.5, 0.6) is 0 Å². The minimum absolute atomic E-state index is 0.177. The van der Waals surface area contributed by atoms with Crippen LogP contribution in [0.4, 0.5) is 0 Å². The lowest BCUT2D eigenvalue weighted by Crippen LogP contribution is -2.21. The predicted octanol–water partition coefficient (Wildman–Crippen LogP) is 6.49. The molecule has 0 spiro atoms. The van der Waals surface area contributed by atoms with E-state index in [1.165, 1.54) is 12.8 Å². The van der Waals surface area contributed by atoms with E-state index in [2.05, 4.69) is 13.8 Å². The molecule has 0 N–H and O–H groups in total. The summed E-state index contributed by atoms with van der Waals surface area (Å²) < 4.78 is 0. The molecule has 1 aromatic rings. The summed E-state index contributed by atoms with van der Waals surface area (Å²) in [6.07, 6.45) is 9.46. The summed E-state index contributed by atoms with van der Waals surface area (Å²) in [6, 6.07) is 5.69. The summed E-state index contributed by atoms with van der Waals surface area (Å²) in [7, 11) is 0. The Balaban J connectivity index is 2.61. The van der Waals surface area contributed by atoms with Crippen LogP contribution in [0.3, 0.4) is 0 Å². The third kappa shape index (κ3) is 6.00. The Hall–Kier alpha value is -0.530. The van der Waals surface area contributed by atoms with E-state index in [1.54, 1.807) is 6.07 Å². The lowest BCUT2D eigenvalue weighted by Gasteiger charge is -2.31. The molecule has 0 heterocycles. The van der Waals surface area contributed by atoms with Gasteiger partial charge in [-0.15, -0.1) is 0 Å². The van der Waals surface area contributed by atoms with Crippen LogP contribution in [0.2, 0.25) is 10.0 Å². The first-order valence-corrected chi connectivity index (χ1v) is 8.70. The van der Waals surface area contributed by atoms with Gasteiger partial charge in [-0.3, -0.25) is 0 Å². The first-order valence-electron chi connectivity index (χ1n) is 7.94. The molecule has 3 heteroatoms. The van der Waals surface area contributed by atoms with E-state index in [1.807, 2.05) is 12.1 Å². The second-order valence-electron chi connectivity index (χ2n) is 5.92. The Kier molecular flexibility index (Phi) is 8.36. The highest BCUT2D eigenvalue weighted by Gasteiger charge is 2.26. The van der Waals surface area contributed by atoms with Crippen LogP contribution < -0.4 is 0 Å². The number of halogens is 2. The fraction of sp³-hybridized carbons (Fsp3) is 0.611. The number of hydrogen-bond donors (Lipinski definition) is 0. The zero-order valence-corrected chi connectivity index (χ0v) is 14.6. The number of aryl methyl sites for hydroxylation is 1. The molecular formula is C18H26Cl2O. The average Bonchev–Trinajstić information content (AvgIpc) is 2.47. The molecule has 0 radical (unpaired) electrons. The molecule has 0 aliphatic rings. The van der Waals surface area contributed by atoms with Crippen molar-refractivity contribution in [3.63, 3.8) is 0 Å². The number of carbonyl (C=O) groups excluding carboxylic acids is 1. The van der Waals surface area contributed by atoms with E-state index < -0.39 is 0 Å². The summed E-state index contributed by atoms with van der Waals surface area (Å²) in [6.45, 7) is 4.41. The summed E-state index contributed by atoms with van der Waals surface area (Å²) in [5.41, 5.74) is 1.32. The molecule has 1 unspecified atom stereocenters. The normalized spacial score (nSPS) is 13.9. The van der Waals surface area contributed by atoms with Gasteiger partial charge in [0, 0.05) is 16.5 Å². The molecule has 118 valence electrons. The van der Waals surface area contributed by atoms with Gasteiger partial charge < -0.3 is 4.79 Å². The highest BCUT2D eigenvalue weighted by atomic mass is 35.5. The lowest BCUT2D eigenvalue weighted by atomic mass is 9.74. The van der Waals surface area contributed by atoms with Crippen molar-refractivity contribution in [2.45, 2.75) is 65.2 Å². The molecule has 21 heavy (non-hydrogen) atoms. The van der Waals surface area contributed by atoms with Crippen LogP contribution in [0.25, 0.3) is 0 Å². The van der Waals surface area contributed by atoms with Crippen molar-refractivity contribution in [3.05, 3.63) is 33.8 Å². The van der Waals surface area contributed by atoms with Gasteiger partial charge in [-0.2, -0.15) is 0 Å². The SMILES string of the molecule is CCCCC(CC)(CC=O)CCCc1ccc(Cl)cc1Cl. The van der Waals surface area contributed by atoms with Crippen LogP contribution in [0.1, 0.15) is 64.4 Å². The minimum Gasteiger partial charge on any atom is -0.303 e. The number of hydrogen-bond acceptors (Lipinski definition) is 1. The summed E-state index contributed by atoms with van der Waals surface area (Å²) in [4.78, 5) is 11.0. The topological polar surface area (TPSA) is 17.1 Å². The first kappa shape index (κ1) is 18.5. The fourth-order valence-electron chi connectivity index (χ4n) is 2.93. The minimum atomic E-state index is 0.177. The highest BCUT2D eigenvalue weighted by Crippen LogP contribution is 2.37. The maximum atomic E-state index is 11.0. The first-order chi connectivity index (χ1) is 10.1. The van der Waals surface area contributed by atoms with E-state index >= 15 is 0 Å². The average molecular weight is 329 g/mol. The van der Waals surface area contributed by atoms with Gasteiger partial charge >= 0.3 is 0 Å².